The molecule has 1 fully saturated rings. The highest BCUT2D eigenvalue weighted by Gasteiger charge is 2.34. The Kier molecular flexibility index (Phi) is 6.62. The number of thioether (sulfide) groups is 1. The summed E-state index contributed by atoms with van der Waals surface area (Å²) in [7, 11) is 0. The molecule has 0 bridgehead atoms. The van der Waals surface area contributed by atoms with Crippen molar-refractivity contribution in [1.82, 2.24) is 19.8 Å². The van der Waals surface area contributed by atoms with Crippen molar-refractivity contribution in [2.75, 3.05) is 13.1 Å². The summed E-state index contributed by atoms with van der Waals surface area (Å²) in [5.74, 6) is -0.965. The van der Waals surface area contributed by atoms with E-state index in [1.807, 2.05) is 31.2 Å². The van der Waals surface area contributed by atoms with E-state index in [0.29, 0.717) is 4.91 Å². The number of amides is 3. The molecule has 1 aromatic heterocycles. The largest absolute Gasteiger partial charge is 0.381 e. The van der Waals surface area contributed by atoms with Crippen LogP contribution in [0.3, 0.4) is 0 Å². The molecule has 0 radical (unpaired) electrons. The summed E-state index contributed by atoms with van der Waals surface area (Å²) in [4.78, 5) is 51.6. The molecule has 2 heterocycles. The number of nitro groups is 1. The van der Waals surface area contributed by atoms with E-state index in [9.17, 15) is 24.5 Å². The lowest BCUT2D eigenvalue weighted by atomic mass is 10.1. The minimum absolute atomic E-state index is 0.0677. The first-order valence-corrected chi connectivity index (χ1v) is 9.90. The maximum absolute atomic E-state index is 12.5. The molecule has 0 saturated carbocycles. The Morgan fingerprint density at radius 1 is 1.27 bits per heavy atom. The smallest absolute Gasteiger partial charge is 0.358 e. The Labute approximate surface area is 176 Å². The molecule has 1 aliphatic rings. The molecule has 10 nitrogen and oxygen atoms in total. The second-order valence-electron chi connectivity index (χ2n) is 6.57. The van der Waals surface area contributed by atoms with Crippen molar-refractivity contribution in [2.45, 2.75) is 19.9 Å². The standard InChI is InChI=1S/C19H19N5O5S/c1-13-2-4-14(5-3-13)10-15-18(26)23(19(27)30-15)9-7-20-17(25)6-8-22-11-16(21-12-22)24(28)29/h2-5,10-12H,6-9H2,1H3,(H,20,25)/b15-10-. The number of benzene rings is 1. The van der Waals surface area contributed by atoms with Crippen molar-refractivity contribution < 1.29 is 19.3 Å². The molecular formula is C19H19N5O5S. The van der Waals surface area contributed by atoms with Crippen LogP contribution in [0, 0.1) is 17.0 Å². The van der Waals surface area contributed by atoms with Gasteiger partial charge < -0.3 is 20.0 Å². The molecule has 1 aliphatic heterocycles. The van der Waals surface area contributed by atoms with Gasteiger partial charge in [-0.2, -0.15) is 0 Å². The number of aryl methyl sites for hydroxylation is 2. The monoisotopic (exact) mass is 429 g/mol. The van der Waals surface area contributed by atoms with Gasteiger partial charge in [-0.15, -0.1) is 0 Å². The van der Waals surface area contributed by atoms with Crippen LogP contribution in [0.2, 0.25) is 0 Å². The molecule has 1 N–H and O–H groups in total. The number of hydrogen-bond acceptors (Lipinski definition) is 7. The SMILES string of the molecule is Cc1ccc(/C=C2\SC(=O)N(CCNC(=O)CCn3cnc([N+](=O)[O-])c3)C2=O)cc1. The van der Waals surface area contributed by atoms with Crippen LogP contribution in [0.5, 0.6) is 0 Å². The van der Waals surface area contributed by atoms with Crippen molar-refractivity contribution in [1.29, 1.82) is 0 Å². The third-order valence-corrected chi connectivity index (χ3v) is 5.22. The number of aromatic nitrogens is 2. The molecule has 0 spiro atoms. The Morgan fingerprint density at radius 2 is 2.00 bits per heavy atom. The first-order chi connectivity index (χ1) is 14.3. The van der Waals surface area contributed by atoms with Gasteiger partial charge in [0.15, 0.2) is 0 Å². The van der Waals surface area contributed by atoms with Crippen LogP contribution in [-0.4, -0.2) is 49.5 Å². The normalized spacial score (nSPS) is 15.1. The first kappa shape index (κ1) is 21.2. The van der Waals surface area contributed by atoms with Crippen LogP contribution in [0.25, 0.3) is 6.08 Å². The summed E-state index contributed by atoms with van der Waals surface area (Å²) >= 11 is 0.872. The van der Waals surface area contributed by atoms with E-state index < -0.39 is 4.92 Å². The van der Waals surface area contributed by atoms with E-state index in [1.165, 1.54) is 17.1 Å². The van der Waals surface area contributed by atoms with E-state index in [0.717, 1.165) is 27.8 Å². The topological polar surface area (TPSA) is 127 Å². The van der Waals surface area contributed by atoms with E-state index in [1.54, 1.807) is 6.08 Å². The van der Waals surface area contributed by atoms with Gasteiger partial charge in [-0.05, 0) is 40.2 Å². The fourth-order valence-corrected chi connectivity index (χ4v) is 3.56. The number of imidazole rings is 1. The van der Waals surface area contributed by atoms with Gasteiger partial charge in [0.05, 0.1) is 4.91 Å². The lowest BCUT2D eigenvalue weighted by Crippen LogP contribution is -2.37. The Morgan fingerprint density at radius 3 is 2.67 bits per heavy atom. The van der Waals surface area contributed by atoms with E-state index in [2.05, 4.69) is 10.3 Å². The van der Waals surface area contributed by atoms with Gasteiger partial charge in [-0.25, -0.2) is 0 Å². The molecule has 1 saturated heterocycles. The summed E-state index contributed by atoms with van der Waals surface area (Å²) in [5, 5.41) is 12.9. The van der Waals surface area contributed by atoms with Gasteiger partial charge in [0.25, 0.3) is 11.1 Å². The minimum Gasteiger partial charge on any atom is -0.358 e. The molecular weight excluding hydrogens is 410 g/mol. The zero-order valence-corrected chi connectivity index (χ0v) is 16.9. The third-order valence-electron chi connectivity index (χ3n) is 4.31. The molecule has 1 aromatic carbocycles. The average molecular weight is 429 g/mol. The summed E-state index contributed by atoms with van der Waals surface area (Å²) in [5.41, 5.74) is 1.93. The van der Waals surface area contributed by atoms with Crippen molar-refractivity contribution in [3.05, 3.63) is 62.9 Å². The molecule has 2 aromatic rings. The second kappa shape index (κ2) is 9.35. The molecule has 11 heteroatoms. The molecule has 0 aliphatic carbocycles. The number of rotatable bonds is 8. The average Bonchev–Trinajstić information content (AvgIpc) is 3.28. The number of imide groups is 1. The van der Waals surface area contributed by atoms with E-state index in [-0.39, 0.29) is 48.9 Å². The number of nitrogens with zero attached hydrogens (tertiary/aromatic N) is 4. The maximum Gasteiger partial charge on any atom is 0.381 e. The van der Waals surface area contributed by atoms with Crippen molar-refractivity contribution in [3.63, 3.8) is 0 Å². The molecule has 30 heavy (non-hydrogen) atoms. The lowest BCUT2D eigenvalue weighted by Gasteiger charge is -2.13. The number of nitrogens with one attached hydrogen (secondary N) is 1. The summed E-state index contributed by atoms with van der Waals surface area (Å²) in [6, 6.07) is 7.60. The molecule has 156 valence electrons. The van der Waals surface area contributed by atoms with Crippen LogP contribution in [0.4, 0.5) is 10.6 Å². The zero-order valence-electron chi connectivity index (χ0n) is 16.1. The van der Waals surface area contributed by atoms with Crippen molar-refractivity contribution in [3.8, 4) is 0 Å². The zero-order chi connectivity index (χ0) is 21.7. The lowest BCUT2D eigenvalue weighted by molar-refractivity contribution is -0.389. The third kappa shape index (κ3) is 5.32. The van der Waals surface area contributed by atoms with Gasteiger partial charge in [0.2, 0.25) is 12.2 Å². The quantitative estimate of drug-likeness (QED) is 0.387. The number of hydrogen-bond donors (Lipinski definition) is 1. The predicted octanol–water partition coefficient (Wildman–Crippen LogP) is 2.34. The highest BCUT2D eigenvalue weighted by Crippen LogP contribution is 2.31. The first-order valence-electron chi connectivity index (χ1n) is 9.08. The van der Waals surface area contributed by atoms with Crippen LogP contribution in [0.15, 0.2) is 41.7 Å². The highest BCUT2D eigenvalue weighted by molar-refractivity contribution is 8.18. The minimum atomic E-state index is -0.611. The molecule has 0 atom stereocenters. The van der Waals surface area contributed by atoms with E-state index >= 15 is 0 Å². The summed E-state index contributed by atoms with van der Waals surface area (Å²) in [6.07, 6.45) is 4.29. The molecule has 0 unspecified atom stereocenters. The fraction of sp³-hybridized carbons (Fsp3) is 0.263. The van der Waals surface area contributed by atoms with Crippen molar-refractivity contribution in [2.24, 2.45) is 0 Å². The van der Waals surface area contributed by atoms with E-state index in [4.69, 9.17) is 0 Å². The summed E-state index contributed by atoms with van der Waals surface area (Å²) < 4.78 is 1.45. The fourth-order valence-electron chi connectivity index (χ4n) is 2.70. The Bertz CT molecular complexity index is 1010. The highest BCUT2D eigenvalue weighted by atomic mass is 32.2. The number of carbonyl (C=O) groups excluding carboxylic acids is 3. The Hall–Kier alpha value is -3.47. The predicted molar refractivity (Wildman–Crippen MR) is 110 cm³/mol. The van der Waals surface area contributed by atoms with Gasteiger partial charge in [-0.3, -0.25) is 19.3 Å². The van der Waals surface area contributed by atoms with Gasteiger partial charge in [-0.1, -0.05) is 29.8 Å². The molecule has 3 amide bonds. The number of carbonyl (C=O) groups is 3. The van der Waals surface area contributed by atoms with Crippen LogP contribution >= 0.6 is 11.8 Å². The van der Waals surface area contributed by atoms with Gasteiger partial charge in [0.1, 0.15) is 6.20 Å². The van der Waals surface area contributed by atoms with Crippen LogP contribution in [-0.2, 0) is 16.1 Å². The molecule has 3 rings (SSSR count). The van der Waals surface area contributed by atoms with Crippen molar-refractivity contribution >= 4 is 40.7 Å². The maximum atomic E-state index is 12.5. The van der Waals surface area contributed by atoms with Crippen LogP contribution in [0.1, 0.15) is 17.5 Å². The van der Waals surface area contributed by atoms with Gasteiger partial charge >= 0.3 is 5.82 Å². The Balaban J connectivity index is 1.46. The van der Waals surface area contributed by atoms with Gasteiger partial charge in [0, 0.05) is 26.1 Å². The van der Waals surface area contributed by atoms with Crippen LogP contribution < -0.4 is 5.32 Å². The second-order valence-corrected chi connectivity index (χ2v) is 7.56. The summed E-state index contributed by atoms with van der Waals surface area (Å²) in [6.45, 7) is 2.38.